The fourth-order valence-electron chi connectivity index (χ4n) is 1.04. The summed E-state index contributed by atoms with van der Waals surface area (Å²) in [4.78, 5) is 21.8. The van der Waals surface area contributed by atoms with Crippen LogP contribution in [0.15, 0.2) is 24.3 Å². The molecule has 0 aliphatic heterocycles. The maximum absolute atomic E-state index is 11.1. The fourth-order valence-corrected chi connectivity index (χ4v) is 1.04. The molecule has 0 atom stereocenters. The third kappa shape index (κ3) is 12.6. The number of hydrogen-bond donors (Lipinski definition) is 0. The van der Waals surface area contributed by atoms with Crippen molar-refractivity contribution in [3.63, 3.8) is 0 Å². The Hall–Kier alpha value is -0.380. The summed E-state index contributed by atoms with van der Waals surface area (Å²) in [6.45, 7) is 5.34. The fraction of sp³-hybridized carbons (Fsp3) is 0.429. The Bertz CT molecular complexity index is 381. The van der Waals surface area contributed by atoms with Gasteiger partial charge in [-0.1, -0.05) is 27.3 Å². The number of carbonyl (C=O) groups is 2. The Morgan fingerprint density at radius 2 is 1.65 bits per heavy atom. The van der Waals surface area contributed by atoms with Gasteiger partial charge in [0.05, 0.1) is 7.11 Å². The Morgan fingerprint density at radius 1 is 1.15 bits per heavy atom. The van der Waals surface area contributed by atoms with Crippen molar-refractivity contribution >= 4 is 49.0 Å². The predicted octanol–water partition coefficient (Wildman–Crippen LogP) is 5.01. The number of methoxy groups -OCH3 is 1. The summed E-state index contributed by atoms with van der Waals surface area (Å²) in [5, 5.41) is 0. The van der Waals surface area contributed by atoms with Crippen LogP contribution in [0.1, 0.15) is 34.6 Å². The third-order valence-corrected chi connectivity index (χ3v) is 1.67. The highest BCUT2D eigenvalue weighted by atomic mass is 128. The maximum atomic E-state index is 11.1. The van der Waals surface area contributed by atoms with Crippen molar-refractivity contribution in [3.8, 4) is 11.5 Å². The molecule has 0 aromatic heterocycles. The van der Waals surface area contributed by atoms with Gasteiger partial charge in [-0.05, 0) is 19.1 Å². The first-order valence-electron chi connectivity index (χ1n) is 5.60. The highest BCUT2D eigenvalue weighted by molar-refractivity contribution is 15.0. The Morgan fingerprint density at radius 3 is 2.10 bits per heavy atom. The Balaban J connectivity index is -0.000000529. The van der Waals surface area contributed by atoms with Gasteiger partial charge < -0.3 is 9.47 Å². The molecule has 0 aliphatic rings. The monoisotopic (exact) mass is 508 g/mol. The molecular formula is C14H22I2O4. The molecule has 1 aromatic carbocycles. The molecule has 6 heteroatoms. The number of ether oxygens (including phenoxy) is 2. The average molecular weight is 508 g/mol. The van der Waals surface area contributed by atoms with Gasteiger partial charge in [-0.3, -0.25) is 9.59 Å². The summed E-state index contributed by atoms with van der Waals surface area (Å²) < 4.78 is 9.89. The van der Waals surface area contributed by atoms with Crippen LogP contribution >= 0.6 is 37.2 Å². The quantitative estimate of drug-likeness (QED) is 0.249. The van der Waals surface area contributed by atoms with Gasteiger partial charge in [0, 0.05) is 43.3 Å². The van der Waals surface area contributed by atoms with Gasteiger partial charge in [-0.2, -0.15) is 0 Å². The zero-order valence-corrected chi connectivity index (χ0v) is 15.7. The number of benzene rings is 1. The largest absolute Gasteiger partial charge is 0.497 e. The molecule has 0 N–H and O–H groups in total. The highest BCUT2D eigenvalue weighted by Crippen LogP contribution is 2.19. The number of hydrogen-bond acceptors (Lipinski definition) is 4. The molecule has 0 saturated carbocycles. The lowest BCUT2D eigenvalue weighted by Crippen LogP contribution is -2.11. The van der Waals surface area contributed by atoms with Crippen LogP contribution in [0.4, 0.5) is 0 Å². The van der Waals surface area contributed by atoms with Gasteiger partial charge in [-0.15, -0.1) is 0 Å². The third-order valence-electron chi connectivity index (χ3n) is 1.67. The van der Waals surface area contributed by atoms with Gasteiger partial charge in [0.2, 0.25) is 0 Å². The molecule has 0 fully saturated rings. The predicted molar refractivity (Wildman–Crippen MR) is 100 cm³/mol. The van der Waals surface area contributed by atoms with Crippen molar-refractivity contribution in [3.05, 3.63) is 24.3 Å². The van der Waals surface area contributed by atoms with Crippen molar-refractivity contribution in [2.45, 2.75) is 34.6 Å². The first kappa shape index (κ1) is 24.6. The van der Waals surface area contributed by atoms with E-state index in [1.165, 1.54) is 14.0 Å². The molecule has 116 valence electrons. The second-order valence-electron chi connectivity index (χ2n) is 3.03. The number of rotatable bonds is 4. The first-order chi connectivity index (χ1) is 9.11. The lowest BCUT2D eigenvalue weighted by Gasteiger charge is -2.04. The Labute approximate surface area is 144 Å². The molecule has 0 saturated heterocycles. The van der Waals surface area contributed by atoms with Crippen LogP contribution in [-0.2, 0) is 9.59 Å². The molecule has 0 amide bonds. The lowest BCUT2D eigenvalue weighted by atomic mass is 10.3. The van der Waals surface area contributed by atoms with Gasteiger partial charge in [-0.25, -0.2) is 0 Å². The van der Waals surface area contributed by atoms with Crippen molar-refractivity contribution < 1.29 is 19.1 Å². The number of Topliss-reactive ketones (excluding diaryl/α,β-unsaturated/α-hetero) is 1. The molecule has 0 spiro atoms. The van der Waals surface area contributed by atoms with Crippen LogP contribution in [0.3, 0.4) is 0 Å². The van der Waals surface area contributed by atoms with Crippen molar-refractivity contribution in [2.75, 3.05) is 7.11 Å². The molecule has 20 heavy (non-hydrogen) atoms. The van der Waals surface area contributed by atoms with Crippen LogP contribution in [0.25, 0.3) is 0 Å². The summed E-state index contributed by atoms with van der Waals surface area (Å²) in [5.74, 6) is 0.197. The van der Waals surface area contributed by atoms with E-state index in [-0.39, 0.29) is 19.6 Å². The smallest absolute Gasteiger partial charge is 0.318 e. The van der Waals surface area contributed by atoms with Gasteiger partial charge in [0.25, 0.3) is 0 Å². The van der Waals surface area contributed by atoms with Crippen molar-refractivity contribution in [1.29, 1.82) is 0 Å². The van der Waals surface area contributed by atoms with E-state index >= 15 is 0 Å². The zero-order valence-electron chi connectivity index (χ0n) is 11.4. The van der Waals surface area contributed by atoms with E-state index in [2.05, 4.69) is 37.2 Å². The second kappa shape index (κ2) is 16.7. The summed E-state index contributed by atoms with van der Waals surface area (Å²) in [7, 11) is 1.52. The van der Waals surface area contributed by atoms with E-state index in [1.54, 1.807) is 24.3 Å². The molecule has 0 radical (unpaired) electrons. The molecule has 4 nitrogen and oxygen atoms in total. The van der Waals surface area contributed by atoms with Gasteiger partial charge in [0.1, 0.15) is 23.7 Å². The summed E-state index contributed by atoms with van der Waals surface area (Å²) in [6, 6.07) is 6.65. The van der Waals surface area contributed by atoms with E-state index in [0.29, 0.717) is 11.5 Å². The van der Waals surface area contributed by atoms with Crippen LogP contribution < -0.4 is 9.47 Å². The van der Waals surface area contributed by atoms with Gasteiger partial charge >= 0.3 is 5.97 Å². The van der Waals surface area contributed by atoms with Gasteiger partial charge in [0.15, 0.2) is 0 Å². The van der Waals surface area contributed by atoms with Crippen LogP contribution in [0, 0.1) is 0 Å². The molecule has 1 rings (SSSR count). The summed E-state index contributed by atoms with van der Waals surface area (Å²) in [6.07, 6.45) is -0.211. The van der Waals surface area contributed by atoms with E-state index in [0.717, 1.165) is 0 Å². The minimum atomic E-state index is -0.559. The van der Waals surface area contributed by atoms with E-state index in [1.807, 2.05) is 13.8 Å². The van der Waals surface area contributed by atoms with Crippen LogP contribution in [-0.4, -0.2) is 18.9 Å². The number of ketones is 1. The Kier molecular flexibility index (Phi) is 20.5. The normalized spacial score (nSPS) is 7.70. The topological polar surface area (TPSA) is 52.6 Å². The molecule has 0 aliphatic carbocycles. The number of carbonyl (C=O) groups excluding carboxylic acids is 2. The molecule has 1 aromatic rings. The summed E-state index contributed by atoms with van der Waals surface area (Å²) in [5.41, 5.74) is 0. The number of esters is 1. The van der Waals surface area contributed by atoms with E-state index in [4.69, 9.17) is 9.47 Å². The van der Waals surface area contributed by atoms with E-state index < -0.39 is 5.97 Å². The molecule has 0 unspecified atom stereocenters. The highest BCUT2D eigenvalue weighted by Gasteiger charge is 2.08. The zero-order chi connectivity index (χ0) is 15.3. The van der Waals surface area contributed by atoms with E-state index in [9.17, 15) is 9.59 Å². The van der Waals surface area contributed by atoms with Crippen LogP contribution in [0.5, 0.6) is 11.5 Å². The lowest BCUT2D eigenvalue weighted by molar-refractivity contribution is -0.137. The first-order valence-corrected chi connectivity index (χ1v) is 11.9. The van der Waals surface area contributed by atoms with Crippen molar-refractivity contribution in [2.24, 2.45) is 0 Å². The summed E-state index contributed by atoms with van der Waals surface area (Å²) >= 11 is 4.24. The maximum Gasteiger partial charge on any atom is 0.318 e. The van der Waals surface area contributed by atoms with Crippen LogP contribution in [0.2, 0.25) is 0 Å². The number of halogens is 2. The molecule has 0 heterocycles. The second-order valence-corrected chi connectivity index (χ2v) is 3.03. The van der Waals surface area contributed by atoms with Crippen molar-refractivity contribution in [1.82, 2.24) is 0 Å². The minimum absolute atomic E-state index is 0. The molecular weight excluding hydrogens is 486 g/mol. The molecule has 0 bridgehead atoms. The average Bonchev–Trinajstić information content (AvgIpc) is 2.42. The standard InChI is InChI=1S/C11H12O4.C2H6.CH4.I2/c1-8(12)6-11(13)15-10-5-3-4-9(7-10)14-2;1-2;;1-2/h3-5,7H,6H2,1-2H3;1-2H3;1H4;. The SMILES string of the molecule is C.CC.COc1cccc(OC(=O)CC(C)=O)c1.II. The minimum Gasteiger partial charge on any atom is -0.497 e.